The third kappa shape index (κ3) is 5.74. The molecular weight excluding hydrogens is 414 g/mol. The average molecular weight is 432 g/mol. The number of carbonyl (C=O) groups excluding carboxylic acids is 2. The first-order chi connectivity index (χ1) is 13.7. The first kappa shape index (κ1) is 23.2. The quantitative estimate of drug-likeness (QED) is 0.697. The van der Waals surface area contributed by atoms with Gasteiger partial charge in [0.05, 0.1) is 11.1 Å². The second-order valence-corrected chi connectivity index (χ2v) is 6.85. The summed E-state index contributed by atoms with van der Waals surface area (Å²) in [4.78, 5) is 24.1. The first-order valence-electron chi connectivity index (χ1n) is 8.64. The zero-order chi connectivity index (χ0) is 22.9. The number of aryl methyl sites for hydroxylation is 2. The van der Waals surface area contributed by atoms with Gasteiger partial charge in [0.15, 0.2) is 0 Å². The highest BCUT2D eigenvalue weighted by atomic mass is 19.4. The van der Waals surface area contributed by atoms with Crippen molar-refractivity contribution in [2.45, 2.75) is 38.7 Å². The Hall–Kier alpha value is -3.04. The van der Waals surface area contributed by atoms with Crippen LogP contribution >= 0.6 is 0 Å². The summed E-state index contributed by atoms with van der Waals surface area (Å²) in [5.74, 6) is -2.26. The van der Waals surface area contributed by atoms with Crippen LogP contribution in [-0.2, 0) is 23.6 Å². The summed E-state index contributed by atoms with van der Waals surface area (Å²) >= 11 is 0. The number of nitrogens with one attached hydrogen (secondary N) is 1. The summed E-state index contributed by atoms with van der Waals surface area (Å²) in [6.45, 7) is 3.68. The van der Waals surface area contributed by atoms with Crippen molar-refractivity contribution in [1.29, 1.82) is 0 Å². The number of hydrogen-bond donors (Lipinski definition) is 2. The predicted molar refractivity (Wildman–Crippen MR) is 96.5 cm³/mol. The van der Waals surface area contributed by atoms with Crippen LogP contribution in [0.15, 0.2) is 36.4 Å². The normalized spacial score (nSPS) is 13.1. The SMILES string of the molecule is Cc1ccc(C[C@H](NC(=O)c2cc(C(F)(F)F)cc(C(F)(F)F)c2)C(N)=O)cc1C. The zero-order valence-electron chi connectivity index (χ0n) is 15.9. The second-order valence-electron chi connectivity index (χ2n) is 6.85. The van der Waals surface area contributed by atoms with Gasteiger partial charge in [0.2, 0.25) is 5.91 Å². The number of amides is 2. The highest BCUT2D eigenvalue weighted by molar-refractivity contribution is 5.97. The second kappa shape index (κ2) is 8.37. The minimum atomic E-state index is -5.10. The van der Waals surface area contributed by atoms with Crippen LogP contribution in [0.2, 0.25) is 0 Å². The molecule has 2 amide bonds. The summed E-state index contributed by atoms with van der Waals surface area (Å²) in [6.07, 6.45) is -10.3. The zero-order valence-corrected chi connectivity index (χ0v) is 15.9. The van der Waals surface area contributed by atoms with E-state index >= 15 is 0 Å². The lowest BCUT2D eigenvalue weighted by molar-refractivity contribution is -0.143. The van der Waals surface area contributed by atoms with Crippen molar-refractivity contribution in [3.63, 3.8) is 0 Å². The number of halogens is 6. The van der Waals surface area contributed by atoms with E-state index in [-0.39, 0.29) is 12.5 Å². The van der Waals surface area contributed by atoms with Gasteiger partial charge in [-0.15, -0.1) is 0 Å². The van der Waals surface area contributed by atoms with Crippen LogP contribution in [0.4, 0.5) is 26.3 Å². The molecule has 30 heavy (non-hydrogen) atoms. The molecule has 0 saturated heterocycles. The molecule has 1 atom stereocenters. The Morgan fingerprint density at radius 1 is 0.900 bits per heavy atom. The molecule has 0 saturated carbocycles. The van der Waals surface area contributed by atoms with Crippen molar-refractivity contribution in [1.82, 2.24) is 5.32 Å². The van der Waals surface area contributed by atoms with Gasteiger partial charge in [-0.3, -0.25) is 9.59 Å². The predicted octanol–water partition coefficient (Wildman–Crippen LogP) is 4.17. The number of benzene rings is 2. The lowest BCUT2D eigenvalue weighted by Gasteiger charge is -2.18. The van der Waals surface area contributed by atoms with Crippen molar-refractivity contribution in [2.24, 2.45) is 5.73 Å². The van der Waals surface area contributed by atoms with Gasteiger partial charge in [0, 0.05) is 12.0 Å². The molecule has 0 aliphatic carbocycles. The van der Waals surface area contributed by atoms with Gasteiger partial charge in [0.1, 0.15) is 6.04 Å². The van der Waals surface area contributed by atoms with Crippen LogP contribution in [0.3, 0.4) is 0 Å². The smallest absolute Gasteiger partial charge is 0.368 e. The highest BCUT2D eigenvalue weighted by Crippen LogP contribution is 2.36. The maximum atomic E-state index is 13.0. The molecule has 0 aliphatic rings. The summed E-state index contributed by atoms with van der Waals surface area (Å²) in [5, 5.41) is 2.12. The summed E-state index contributed by atoms with van der Waals surface area (Å²) in [6, 6.07) is 4.35. The largest absolute Gasteiger partial charge is 0.416 e. The lowest BCUT2D eigenvalue weighted by atomic mass is 9.99. The summed E-state index contributed by atoms with van der Waals surface area (Å²) < 4.78 is 77.8. The minimum absolute atomic E-state index is 0.0761. The number of alkyl halides is 6. The molecule has 0 bridgehead atoms. The number of carbonyl (C=O) groups is 2. The van der Waals surface area contributed by atoms with Crippen LogP contribution in [-0.4, -0.2) is 17.9 Å². The first-order valence-corrected chi connectivity index (χ1v) is 8.64. The molecule has 3 N–H and O–H groups in total. The van der Waals surface area contributed by atoms with Crippen LogP contribution in [0.1, 0.15) is 38.2 Å². The minimum Gasteiger partial charge on any atom is -0.368 e. The summed E-state index contributed by atoms with van der Waals surface area (Å²) in [5.41, 5.74) is 3.60. The maximum absolute atomic E-state index is 13.0. The number of nitrogens with two attached hydrogens (primary N) is 1. The number of primary amides is 1. The van der Waals surface area contributed by atoms with E-state index in [0.717, 1.165) is 11.1 Å². The van der Waals surface area contributed by atoms with Gasteiger partial charge in [0.25, 0.3) is 5.91 Å². The van der Waals surface area contributed by atoms with Gasteiger partial charge in [-0.1, -0.05) is 18.2 Å². The van der Waals surface area contributed by atoms with Gasteiger partial charge >= 0.3 is 12.4 Å². The van der Waals surface area contributed by atoms with E-state index in [1.54, 1.807) is 18.2 Å². The van der Waals surface area contributed by atoms with Crippen LogP contribution in [0, 0.1) is 13.8 Å². The molecule has 0 fully saturated rings. The van der Waals surface area contributed by atoms with Crippen LogP contribution in [0.5, 0.6) is 0 Å². The molecule has 2 aromatic rings. The van der Waals surface area contributed by atoms with Crippen molar-refractivity contribution in [3.8, 4) is 0 Å². The standard InChI is InChI=1S/C20H18F6N2O2/c1-10-3-4-12(5-11(10)2)6-16(17(27)29)28-18(30)13-7-14(19(21,22)23)9-15(8-13)20(24,25)26/h3-5,7-9,16H,6H2,1-2H3,(H2,27,29)(H,28,30)/t16-/m0/s1. The Kier molecular flexibility index (Phi) is 6.48. The Bertz CT molecular complexity index is 934. The molecule has 2 aromatic carbocycles. The van der Waals surface area contributed by atoms with Crippen molar-refractivity contribution >= 4 is 11.8 Å². The molecule has 0 radical (unpaired) electrons. The molecule has 162 valence electrons. The average Bonchev–Trinajstić information content (AvgIpc) is 2.62. The molecule has 0 aliphatic heterocycles. The molecule has 0 spiro atoms. The van der Waals surface area contributed by atoms with E-state index in [4.69, 9.17) is 5.73 Å². The fourth-order valence-corrected chi connectivity index (χ4v) is 2.72. The topological polar surface area (TPSA) is 72.2 Å². The fraction of sp³-hybridized carbons (Fsp3) is 0.300. The Labute approximate surface area is 168 Å². The third-order valence-electron chi connectivity index (χ3n) is 4.51. The van der Waals surface area contributed by atoms with Gasteiger partial charge in [-0.25, -0.2) is 0 Å². The highest BCUT2D eigenvalue weighted by Gasteiger charge is 2.37. The lowest BCUT2D eigenvalue weighted by Crippen LogP contribution is -2.46. The van der Waals surface area contributed by atoms with Crippen molar-refractivity contribution in [3.05, 3.63) is 69.8 Å². The van der Waals surface area contributed by atoms with Crippen LogP contribution < -0.4 is 11.1 Å². The van der Waals surface area contributed by atoms with E-state index in [2.05, 4.69) is 5.32 Å². The Balaban J connectivity index is 2.35. The maximum Gasteiger partial charge on any atom is 0.416 e. The summed E-state index contributed by atoms with van der Waals surface area (Å²) in [7, 11) is 0. The molecule has 4 nitrogen and oxygen atoms in total. The van der Waals surface area contributed by atoms with Gasteiger partial charge < -0.3 is 11.1 Å². The van der Waals surface area contributed by atoms with E-state index < -0.39 is 46.9 Å². The monoisotopic (exact) mass is 432 g/mol. The molecule has 0 unspecified atom stereocenters. The van der Waals surface area contributed by atoms with Gasteiger partial charge in [-0.2, -0.15) is 26.3 Å². The number of rotatable bonds is 5. The molecule has 0 heterocycles. The van der Waals surface area contributed by atoms with E-state index in [9.17, 15) is 35.9 Å². The van der Waals surface area contributed by atoms with Crippen molar-refractivity contribution < 1.29 is 35.9 Å². The Morgan fingerprint density at radius 3 is 1.87 bits per heavy atom. The fourth-order valence-electron chi connectivity index (χ4n) is 2.72. The van der Waals surface area contributed by atoms with E-state index in [1.165, 1.54) is 0 Å². The molecule has 10 heteroatoms. The van der Waals surface area contributed by atoms with E-state index in [0.29, 0.717) is 17.7 Å². The Morgan fingerprint density at radius 2 is 1.43 bits per heavy atom. The van der Waals surface area contributed by atoms with Crippen LogP contribution in [0.25, 0.3) is 0 Å². The third-order valence-corrected chi connectivity index (χ3v) is 4.51. The van der Waals surface area contributed by atoms with Gasteiger partial charge in [-0.05, 0) is 48.7 Å². The van der Waals surface area contributed by atoms with E-state index in [1.807, 2.05) is 13.8 Å². The van der Waals surface area contributed by atoms with Crippen molar-refractivity contribution in [2.75, 3.05) is 0 Å². The molecule has 2 rings (SSSR count). The number of hydrogen-bond acceptors (Lipinski definition) is 2. The molecule has 0 aromatic heterocycles. The molecular formula is C20H18F6N2O2.